The maximum absolute atomic E-state index is 12.5. The van der Waals surface area contributed by atoms with Crippen LogP contribution in [0.5, 0.6) is 0 Å². The second kappa shape index (κ2) is 8.27. The number of carbonyl (C=O) groups excluding carboxylic acids is 1. The van der Waals surface area contributed by atoms with Crippen LogP contribution in [-0.2, 0) is 10.9 Å². The van der Waals surface area contributed by atoms with Crippen LogP contribution >= 0.6 is 0 Å². The zero-order valence-electron chi connectivity index (χ0n) is 15.3. The molecule has 28 heavy (non-hydrogen) atoms. The van der Waals surface area contributed by atoms with E-state index in [1.54, 1.807) is 7.11 Å². The van der Waals surface area contributed by atoms with Gasteiger partial charge < -0.3 is 19.9 Å². The zero-order valence-corrected chi connectivity index (χ0v) is 15.3. The van der Waals surface area contributed by atoms with Crippen LogP contribution in [0.2, 0.25) is 0 Å². The highest BCUT2D eigenvalue weighted by Gasteiger charge is 2.38. The minimum atomic E-state index is -4.70. The summed E-state index contributed by atoms with van der Waals surface area (Å²) in [7, 11) is 1.65. The van der Waals surface area contributed by atoms with E-state index < -0.39 is 12.1 Å². The molecule has 1 amide bonds. The summed E-state index contributed by atoms with van der Waals surface area (Å²) in [5.41, 5.74) is 0.614. The lowest BCUT2D eigenvalue weighted by Crippen LogP contribution is -2.47. The van der Waals surface area contributed by atoms with E-state index in [0.29, 0.717) is 24.3 Å². The first kappa shape index (κ1) is 20.3. The molecule has 0 atom stereocenters. The molecule has 1 saturated heterocycles. The highest BCUT2D eigenvalue weighted by Crippen LogP contribution is 2.30. The SMILES string of the molecule is COCC1(CNC(=O)c2ccc(-c3noc(C(F)(F)F)n3)cc2)CCNCC1. The van der Waals surface area contributed by atoms with Gasteiger partial charge in [0.15, 0.2) is 0 Å². The first-order chi connectivity index (χ1) is 13.3. The molecule has 2 N–H and O–H groups in total. The Hall–Kier alpha value is -2.46. The van der Waals surface area contributed by atoms with Crippen molar-refractivity contribution in [3.05, 3.63) is 35.7 Å². The third-order valence-electron chi connectivity index (χ3n) is 4.81. The predicted molar refractivity (Wildman–Crippen MR) is 93.5 cm³/mol. The summed E-state index contributed by atoms with van der Waals surface area (Å²) in [5.74, 6) is -1.85. The Balaban J connectivity index is 1.64. The number of hydrogen-bond donors (Lipinski definition) is 2. The van der Waals surface area contributed by atoms with Crippen molar-refractivity contribution in [1.29, 1.82) is 0 Å². The van der Waals surface area contributed by atoms with E-state index >= 15 is 0 Å². The van der Waals surface area contributed by atoms with E-state index in [1.807, 2.05) is 0 Å². The van der Waals surface area contributed by atoms with E-state index in [2.05, 4.69) is 25.3 Å². The molecule has 1 aromatic heterocycles. The van der Waals surface area contributed by atoms with E-state index in [-0.39, 0.29) is 17.1 Å². The van der Waals surface area contributed by atoms with Crippen LogP contribution in [-0.4, -0.2) is 49.4 Å². The van der Waals surface area contributed by atoms with Crippen LogP contribution in [0.1, 0.15) is 29.1 Å². The lowest BCUT2D eigenvalue weighted by molar-refractivity contribution is -0.159. The number of amides is 1. The first-order valence-corrected chi connectivity index (χ1v) is 8.82. The normalized spacial score (nSPS) is 16.7. The van der Waals surface area contributed by atoms with Crippen molar-refractivity contribution in [3.63, 3.8) is 0 Å². The molecular weight excluding hydrogens is 377 g/mol. The fourth-order valence-corrected chi connectivity index (χ4v) is 3.23. The zero-order chi connectivity index (χ0) is 20.2. The van der Waals surface area contributed by atoms with Crippen LogP contribution in [0.25, 0.3) is 11.4 Å². The van der Waals surface area contributed by atoms with Crippen LogP contribution in [0, 0.1) is 5.41 Å². The molecule has 0 aliphatic carbocycles. The van der Waals surface area contributed by atoms with Gasteiger partial charge in [-0.3, -0.25) is 4.79 Å². The number of methoxy groups -OCH3 is 1. The van der Waals surface area contributed by atoms with Gasteiger partial charge in [-0.05, 0) is 38.1 Å². The van der Waals surface area contributed by atoms with Crippen molar-refractivity contribution in [2.45, 2.75) is 19.0 Å². The number of piperidine rings is 1. The van der Waals surface area contributed by atoms with E-state index in [0.717, 1.165) is 25.9 Å². The Morgan fingerprint density at radius 1 is 1.29 bits per heavy atom. The summed E-state index contributed by atoms with van der Waals surface area (Å²) in [6.45, 7) is 2.80. The van der Waals surface area contributed by atoms with Gasteiger partial charge in [0, 0.05) is 30.2 Å². The Labute approximate surface area is 159 Å². The highest BCUT2D eigenvalue weighted by molar-refractivity contribution is 5.94. The third-order valence-corrected chi connectivity index (χ3v) is 4.81. The molecule has 0 saturated carbocycles. The van der Waals surface area contributed by atoms with Gasteiger partial charge in [0.05, 0.1) is 6.61 Å². The van der Waals surface area contributed by atoms with Gasteiger partial charge in [-0.25, -0.2) is 0 Å². The Morgan fingerprint density at radius 3 is 2.54 bits per heavy atom. The van der Waals surface area contributed by atoms with E-state index in [1.165, 1.54) is 24.3 Å². The molecule has 2 aromatic rings. The van der Waals surface area contributed by atoms with Gasteiger partial charge in [0.1, 0.15) is 0 Å². The molecule has 2 heterocycles. The lowest BCUT2D eigenvalue weighted by Gasteiger charge is -2.37. The highest BCUT2D eigenvalue weighted by atomic mass is 19.4. The van der Waals surface area contributed by atoms with Crippen LogP contribution in [0.3, 0.4) is 0 Å². The van der Waals surface area contributed by atoms with Gasteiger partial charge in [-0.15, -0.1) is 0 Å². The Morgan fingerprint density at radius 2 is 1.96 bits per heavy atom. The number of rotatable bonds is 6. The fraction of sp³-hybridized carbons (Fsp3) is 0.500. The number of benzene rings is 1. The lowest BCUT2D eigenvalue weighted by atomic mass is 9.79. The predicted octanol–water partition coefficient (Wildman–Crippen LogP) is 2.50. The van der Waals surface area contributed by atoms with Crippen molar-refractivity contribution in [2.75, 3.05) is 33.4 Å². The van der Waals surface area contributed by atoms with Crippen molar-refractivity contribution in [1.82, 2.24) is 20.8 Å². The molecule has 1 aliphatic heterocycles. The topological polar surface area (TPSA) is 89.3 Å². The quantitative estimate of drug-likeness (QED) is 0.777. The first-order valence-electron chi connectivity index (χ1n) is 8.82. The average Bonchev–Trinajstić information content (AvgIpc) is 3.18. The van der Waals surface area contributed by atoms with Crippen molar-refractivity contribution in [3.8, 4) is 11.4 Å². The Kier molecular flexibility index (Phi) is 5.99. The van der Waals surface area contributed by atoms with Crippen LogP contribution < -0.4 is 10.6 Å². The Bertz CT molecular complexity index is 794. The molecule has 1 fully saturated rings. The van der Waals surface area contributed by atoms with Crippen molar-refractivity contribution < 1.29 is 27.2 Å². The summed E-state index contributed by atoms with van der Waals surface area (Å²) < 4.78 is 47.2. The maximum Gasteiger partial charge on any atom is 0.471 e. The van der Waals surface area contributed by atoms with Gasteiger partial charge in [0.25, 0.3) is 5.91 Å². The molecule has 1 aromatic carbocycles. The summed E-state index contributed by atoms with van der Waals surface area (Å²) in [6, 6.07) is 5.99. The molecule has 0 radical (unpaired) electrons. The van der Waals surface area contributed by atoms with Crippen molar-refractivity contribution in [2.24, 2.45) is 5.41 Å². The minimum absolute atomic E-state index is 0.103. The van der Waals surface area contributed by atoms with E-state index in [4.69, 9.17) is 4.74 Å². The molecule has 0 bridgehead atoms. The van der Waals surface area contributed by atoms with Gasteiger partial charge in [-0.1, -0.05) is 17.3 Å². The van der Waals surface area contributed by atoms with Gasteiger partial charge >= 0.3 is 12.1 Å². The number of hydrogen-bond acceptors (Lipinski definition) is 6. The summed E-state index contributed by atoms with van der Waals surface area (Å²) in [5, 5.41) is 9.55. The molecule has 7 nitrogen and oxygen atoms in total. The largest absolute Gasteiger partial charge is 0.471 e. The molecular formula is C18H21F3N4O3. The monoisotopic (exact) mass is 398 g/mol. The molecule has 152 valence electrons. The minimum Gasteiger partial charge on any atom is -0.384 e. The van der Waals surface area contributed by atoms with Gasteiger partial charge in [0.2, 0.25) is 5.82 Å². The second-order valence-corrected chi connectivity index (χ2v) is 6.86. The number of aromatic nitrogens is 2. The second-order valence-electron chi connectivity index (χ2n) is 6.86. The summed E-state index contributed by atoms with van der Waals surface area (Å²) >= 11 is 0. The van der Waals surface area contributed by atoms with Crippen molar-refractivity contribution >= 4 is 5.91 Å². The molecule has 0 unspecified atom stereocenters. The number of nitrogens with zero attached hydrogens (tertiary/aromatic N) is 2. The number of ether oxygens (including phenoxy) is 1. The number of halogens is 3. The van der Waals surface area contributed by atoms with Gasteiger partial charge in [-0.2, -0.15) is 18.2 Å². The molecule has 3 rings (SSSR count). The van der Waals surface area contributed by atoms with Crippen LogP contribution in [0.15, 0.2) is 28.8 Å². The summed E-state index contributed by atoms with van der Waals surface area (Å²) in [4.78, 5) is 15.8. The smallest absolute Gasteiger partial charge is 0.384 e. The standard InChI is InChI=1S/C18H21F3N4O3/c1-27-11-17(6-8-22-9-7-17)10-23-15(26)13-4-2-12(3-5-13)14-24-16(28-25-14)18(19,20)21/h2-5,22H,6-11H2,1H3,(H,23,26). The average molecular weight is 398 g/mol. The van der Waals surface area contributed by atoms with E-state index in [9.17, 15) is 18.0 Å². The molecule has 10 heteroatoms. The number of carbonyl (C=O) groups is 1. The third kappa shape index (κ3) is 4.68. The fourth-order valence-electron chi connectivity index (χ4n) is 3.23. The molecule has 0 spiro atoms. The van der Waals surface area contributed by atoms with Crippen LogP contribution in [0.4, 0.5) is 13.2 Å². The number of alkyl halides is 3. The summed E-state index contributed by atoms with van der Waals surface area (Å²) in [6.07, 6.45) is -2.89. The maximum atomic E-state index is 12.5. The number of nitrogens with one attached hydrogen (secondary N) is 2. The molecule has 1 aliphatic rings.